The third kappa shape index (κ3) is 4.95. The van der Waals surface area contributed by atoms with E-state index in [4.69, 9.17) is 0 Å². The van der Waals surface area contributed by atoms with Crippen LogP contribution in [0.15, 0.2) is 42.5 Å². The van der Waals surface area contributed by atoms with Crippen LogP contribution in [0.3, 0.4) is 0 Å². The number of tetrazole rings is 1. The number of H-pyrrole nitrogens is 1. The van der Waals surface area contributed by atoms with Gasteiger partial charge in [-0.3, -0.25) is 10.9 Å². The number of nitrogens with zero attached hydrogens (tertiary/aromatic N) is 3. The van der Waals surface area contributed by atoms with Gasteiger partial charge in [0.05, 0.1) is 16.8 Å². The Morgan fingerprint density at radius 1 is 0.933 bits per heavy atom. The second-order valence-electron chi connectivity index (χ2n) is 5.78. The molecule has 158 valence electrons. The van der Waals surface area contributed by atoms with Crippen molar-refractivity contribution in [3.05, 3.63) is 53.6 Å². The third-order valence-electron chi connectivity index (χ3n) is 3.67. The summed E-state index contributed by atoms with van der Waals surface area (Å²) < 4.78 is 77.4. The summed E-state index contributed by atoms with van der Waals surface area (Å²) in [5, 5.41) is 15.1. The molecule has 0 spiro atoms. The number of hydrazine groups is 1. The lowest BCUT2D eigenvalue weighted by molar-refractivity contribution is -0.143. The summed E-state index contributed by atoms with van der Waals surface area (Å²) in [6.07, 6.45) is -10.1. The topological polar surface area (TPSA) is 108 Å². The highest BCUT2D eigenvalue weighted by atomic mass is 19.4. The number of hydrogen-bond donors (Lipinski definition) is 4. The minimum absolute atomic E-state index is 0.0392. The molecule has 0 aliphatic heterocycles. The van der Waals surface area contributed by atoms with Crippen molar-refractivity contribution in [1.82, 2.24) is 26.0 Å². The van der Waals surface area contributed by atoms with E-state index in [1.807, 2.05) is 5.32 Å². The zero-order valence-electron chi connectivity index (χ0n) is 14.6. The number of halogens is 6. The lowest BCUT2D eigenvalue weighted by Gasteiger charge is -2.16. The maximum absolute atomic E-state index is 12.9. The number of alkyl halides is 6. The van der Waals surface area contributed by atoms with Gasteiger partial charge in [-0.1, -0.05) is 12.1 Å². The first-order valence-corrected chi connectivity index (χ1v) is 7.99. The number of carbonyl (C=O) groups excluding carboxylic acids is 1. The van der Waals surface area contributed by atoms with E-state index < -0.39 is 35.2 Å². The molecule has 1 heterocycles. The molecule has 0 aliphatic rings. The molecule has 1 aromatic heterocycles. The number of aromatic amines is 1. The molecule has 0 aliphatic carbocycles. The fraction of sp³-hybridized carbons (Fsp3) is 0.125. The van der Waals surface area contributed by atoms with Gasteiger partial charge in [-0.2, -0.15) is 31.6 Å². The van der Waals surface area contributed by atoms with Crippen molar-refractivity contribution in [2.75, 3.05) is 10.7 Å². The normalized spacial score (nSPS) is 11.8. The van der Waals surface area contributed by atoms with E-state index in [-0.39, 0.29) is 11.9 Å². The minimum Gasteiger partial charge on any atom is -0.307 e. The van der Waals surface area contributed by atoms with E-state index in [0.717, 1.165) is 0 Å². The molecule has 0 unspecified atom stereocenters. The number of aromatic nitrogens is 4. The van der Waals surface area contributed by atoms with Crippen molar-refractivity contribution in [3.63, 3.8) is 0 Å². The number of benzene rings is 2. The van der Waals surface area contributed by atoms with Crippen LogP contribution in [-0.4, -0.2) is 26.7 Å². The van der Waals surface area contributed by atoms with Crippen LogP contribution in [0, 0.1) is 0 Å². The van der Waals surface area contributed by atoms with Crippen LogP contribution in [0.25, 0.3) is 11.4 Å². The second-order valence-corrected chi connectivity index (χ2v) is 5.78. The van der Waals surface area contributed by atoms with Gasteiger partial charge in [0.2, 0.25) is 5.82 Å². The van der Waals surface area contributed by atoms with Gasteiger partial charge < -0.3 is 5.32 Å². The van der Waals surface area contributed by atoms with Gasteiger partial charge in [0, 0.05) is 11.3 Å². The van der Waals surface area contributed by atoms with Gasteiger partial charge >= 0.3 is 18.4 Å². The quantitative estimate of drug-likeness (QED) is 0.368. The van der Waals surface area contributed by atoms with Gasteiger partial charge in [-0.05, 0) is 35.5 Å². The first-order valence-electron chi connectivity index (χ1n) is 7.99. The Morgan fingerprint density at radius 2 is 1.57 bits per heavy atom. The number of para-hydroxylation sites is 1. The summed E-state index contributed by atoms with van der Waals surface area (Å²) in [6.45, 7) is 0. The zero-order valence-corrected chi connectivity index (χ0v) is 14.6. The molecule has 3 aromatic rings. The zero-order chi connectivity index (χ0) is 21.9. The molecule has 4 N–H and O–H groups in total. The number of nitrogens with one attached hydrogen (secondary N) is 4. The fourth-order valence-electron chi connectivity index (χ4n) is 2.38. The van der Waals surface area contributed by atoms with Gasteiger partial charge in [-0.25, -0.2) is 4.79 Å². The summed E-state index contributed by atoms with van der Waals surface area (Å²) in [7, 11) is 0. The van der Waals surface area contributed by atoms with Crippen LogP contribution in [0.2, 0.25) is 0 Å². The number of anilines is 2. The first-order chi connectivity index (χ1) is 14.0. The highest BCUT2D eigenvalue weighted by Crippen LogP contribution is 2.37. The fourth-order valence-corrected chi connectivity index (χ4v) is 2.38. The Hall–Kier alpha value is -3.84. The molecular weight excluding hydrogens is 420 g/mol. The van der Waals surface area contributed by atoms with Crippen LogP contribution in [0.1, 0.15) is 11.1 Å². The lowest BCUT2D eigenvalue weighted by atomic mass is 10.1. The Kier molecular flexibility index (Phi) is 5.49. The first kappa shape index (κ1) is 20.9. The predicted molar refractivity (Wildman–Crippen MR) is 91.8 cm³/mol. The molecule has 8 nitrogen and oxygen atoms in total. The average Bonchev–Trinajstić information content (AvgIpc) is 3.19. The monoisotopic (exact) mass is 431 g/mol. The van der Waals surface area contributed by atoms with Gasteiger partial charge in [0.15, 0.2) is 0 Å². The maximum Gasteiger partial charge on any atom is 0.416 e. The SMILES string of the molecule is O=C(NNc1ccccc1-c1nn[nH]n1)Nc1cc(C(F)(F)F)cc(C(F)(F)F)c1. The van der Waals surface area contributed by atoms with Gasteiger partial charge in [-0.15, -0.1) is 10.2 Å². The molecule has 0 saturated carbocycles. The van der Waals surface area contributed by atoms with Crippen molar-refractivity contribution >= 4 is 17.4 Å². The smallest absolute Gasteiger partial charge is 0.307 e. The number of urea groups is 1. The number of amides is 2. The molecule has 0 radical (unpaired) electrons. The molecule has 3 rings (SSSR count). The van der Waals surface area contributed by atoms with E-state index in [1.54, 1.807) is 18.2 Å². The summed E-state index contributed by atoms with van der Waals surface area (Å²) in [5.74, 6) is 0.188. The number of carbonyl (C=O) groups is 1. The summed E-state index contributed by atoms with van der Waals surface area (Å²) in [5.41, 5.74) is 1.52. The maximum atomic E-state index is 12.9. The van der Waals surface area contributed by atoms with Crippen LogP contribution in [0.5, 0.6) is 0 Å². The highest BCUT2D eigenvalue weighted by Gasteiger charge is 2.37. The average molecular weight is 431 g/mol. The Bertz CT molecular complexity index is 1000. The molecule has 0 saturated heterocycles. The summed E-state index contributed by atoms with van der Waals surface area (Å²) in [4.78, 5) is 12.0. The Balaban J connectivity index is 1.76. The lowest BCUT2D eigenvalue weighted by Crippen LogP contribution is -2.34. The molecular formula is C16H11F6N7O. The van der Waals surface area contributed by atoms with Gasteiger partial charge in [0.25, 0.3) is 0 Å². The predicted octanol–water partition coefficient (Wildman–Crippen LogP) is 4.05. The largest absolute Gasteiger partial charge is 0.416 e. The molecule has 0 atom stereocenters. The third-order valence-corrected chi connectivity index (χ3v) is 3.67. The highest BCUT2D eigenvalue weighted by molar-refractivity contribution is 5.90. The van der Waals surface area contributed by atoms with Gasteiger partial charge in [0.1, 0.15) is 0 Å². The molecule has 2 amide bonds. The molecule has 30 heavy (non-hydrogen) atoms. The van der Waals surface area contributed by atoms with Crippen LogP contribution >= 0.6 is 0 Å². The van der Waals surface area contributed by atoms with Crippen LogP contribution in [-0.2, 0) is 12.4 Å². The van der Waals surface area contributed by atoms with E-state index in [1.165, 1.54) is 6.07 Å². The van der Waals surface area contributed by atoms with E-state index in [9.17, 15) is 31.1 Å². The summed E-state index contributed by atoms with van der Waals surface area (Å²) >= 11 is 0. The molecule has 2 aromatic carbocycles. The van der Waals surface area contributed by atoms with Crippen molar-refractivity contribution < 1.29 is 31.1 Å². The Morgan fingerprint density at radius 3 is 2.13 bits per heavy atom. The minimum atomic E-state index is -5.03. The van der Waals surface area contributed by atoms with E-state index in [0.29, 0.717) is 23.4 Å². The second kappa shape index (κ2) is 7.88. The van der Waals surface area contributed by atoms with Crippen molar-refractivity contribution in [2.45, 2.75) is 12.4 Å². The van der Waals surface area contributed by atoms with Crippen molar-refractivity contribution in [3.8, 4) is 11.4 Å². The number of hydrogen-bond acceptors (Lipinski definition) is 5. The van der Waals surface area contributed by atoms with Crippen LogP contribution < -0.4 is 16.2 Å². The summed E-state index contributed by atoms with van der Waals surface area (Å²) in [6, 6.07) is 6.01. The molecule has 0 bridgehead atoms. The standard InChI is InChI=1S/C16H11F6N7O/c17-15(18,19)8-5-9(16(20,21)22)7-10(6-8)23-14(30)27-24-12-4-2-1-3-11(12)13-25-28-29-26-13/h1-7,24H,(H2,23,27,30)(H,25,26,28,29). The molecule has 14 heteroatoms. The van der Waals surface area contributed by atoms with E-state index in [2.05, 4.69) is 31.5 Å². The van der Waals surface area contributed by atoms with Crippen molar-refractivity contribution in [1.29, 1.82) is 0 Å². The number of rotatable bonds is 4. The van der Waals surface area contributed by atoms with Crippen LogP contribution in [0.4, 0.5) is 42.5 Å². The molecule has 0 fully saturated rings. The van der Waals surface area contributed by atoms with E-state index >= 15 is 0 Å². The van der Waals surface area contributed by atoms with Crippen molar-refractivity contribution in [2.24, 2.45) is 0 Å². The Labute approximate surface area is 163 Å².